The fourth-order valence-corrected chi connectivity index (χ4v) is 3.13. The molecule has 3 aromatic carbocycles. The molecule has 6 nitrogen and oxygen atoms in total. The van der Waals surface area contributed by atoms with Crippen molar-refractivity contribution in [2.24, 2.45) is 0 Å². The third kappa shape index (κ3) is 5.30. The lowest BCUT2D eigenvalue weighted by atomic mass is 10.2. The number of nitrogens with zero attached hydrogens (tertiary/aromatic N) is 2. The number of aromatic nitrogens is 2. The number of carbonyl (C=O) groups excluding carboxylic acids is 1. The highest BCUT2D eigenvalue weighted by Gasteiger charge is 2.07. The first-order valence-corrected chi connectivity index (χ1v) is 10.0. The Morgan fingerprint density at radius 2 is 1.65 bits per heavy atom. The maximum atomic E-state index is 12.3. The third-order valence-corrected chi connectivity index (χ3v) is 4.73. The smallest absolute Gasteiger partial charge is 0.224 e. The molecular formula is C25H23N3O3. The lowest BCUT2D eigenvalue weighted by Gasteiger charge is -2.10. The van der Waals surface area contributed by atoms with E-state index in [4.69, 9.17) is 9.47 Å². The van der Waals surface area contributed by atoms with Gasteiger partial charge in [-0.25, -0.2) is 4.68 Å². The first-order valence-electron chi connectivity index (χ1n) is 10.0. The van der Waals surface area contributed by atoms with E-state index in [0.717, 1.165) is 16.9 Å². The van der Waals surface area contributed by atoms with Gasteiger partial charge in [0.2, 0.25) is 5.91 Å². The van der Waals surface area contributed by atoms with Crippen molar-refractivity contribution in [3.05, 3.63) is 96.8 Å². The summed E-state index contributed by atoms with van der Waals surface area (Å²) in [6.45, 7) is 0. The number of hydrogen-bond acceptors (Lipinski definition) is 4. The Kier molecular flexibility index (Phi) is 6.28. The van der Waals surface area contributed by atoms with Gasteiger partial charge >= 0.3 is 0 Å². The Labute approximate surface area is 181 Å². The SMILES string of the molecule is COc1ccccc1Oc1ccc(NC(=O)CCc2cnn(-c3ccccc3)c2)cc1. The number of methoxy groups -OCH3 is 1. The van der Waals surface area contributed by atoms with Gasteiger partial charge in [-0.2, -0.15) is 5.10 Å². The number of rotatable bonds is 8. The van der Waals surface area contributed by atoms with Crippen LogP contribution in [0.5, 0.6) is 17.2 Å². The molecule has 31 heavy (non-hydrogen) atoms. The molecule has 0 fully saturated rings. The fraction of sp³-hybridized carbons (Fsp3) is 0.120. The van der Waals surface area contributed by atoms with E-state index in [-0.39, 0.29) is 5.91 Å². The molecule has 0 radical (unpaired) electrons. The molecular weight excluding hydrogens is 390 g/mol. The third-order valence-electron chi connectivity index (χ3n) is 4.73. The van der Waals surface area contributed by atoms with Crippen molar-refractivity contribution < 1.29 is 14.3 Å². The van der Waals surface area contributed by atoms with Crippen LogP contribution in [0.4, 0.5) is 5.69 Å². The first kappa shape index (κ1) is 20.2. The highest BCUT2D eigenvalue weighted by molar-refractivity contribution is 5.90. The van der Waals surface area contributed by atoms with E-state index in [9.17, 15) is 4.79 Å². The number of carbonyl (C=O) groups is 1. The van der Waals surface area contributed by atoms with Crippen molar-refractivity contribution in [2.45, 2.75) is 12.8 Å². The predicted molar refractivity (Wildman–Crippen MR) is 120 cm³/mol. The topological polar surface area (TPSA) is 65.4 Å². The minimum atomic E-state index is -0.0501. The predicted octanol–water partition coefficient (Wildman–Crippen LogP) is 5.24. The van der Waals surface area contributed by atoms with Crippen LogP contribution in [-0.4, -0.2) is 22.8 Å². The second-order valence-corrected chi connectivity index (χ2v) is 6.95. The number of ether oxygens (including phenoxy) is 2. The Morgan fingerprint density at radius 1 is 0.935 bits per heavy atom. The summed E-state index contributed by atoms with van der Waals surface area (Å²) in [5, 5.41) is 7.28. The summed E-state index contributed by atoms with van der Waals surface area (Å²) in [5.41, 5.74) is 2.73. The summed E-state index contributed by atoms with van der Waals surface area (Å²) in [6, 6.07) is 24.6. The van der Waals surface area contributed by atoms with E-state index in [2.05, 4.69) is 10.4 Å². The maximum absolute atomic E-state index is 12.3. The number of aryl methyl sites for hydroxylation is 1. The van der Waals surface area contributed by atoms with Gasteiger partial charge in [-0.15, -0.1) is 0 Å². The Hall–Kier alpha value is -4.06. The van der Waals surface area contributed by atoms with Crippen LogP contribution in [0.1, 0.15) is 12.0 Å². The van der Waals surface area contributed by atoms with E-state index in [1.54, 1.807) is 13.3 Å². The molecule has 0 aliphatic carbocycles. The van der Waals surface area contributed by atoms with E-state index in [1.807, 2.05) is 89.7 Å². The minimum Gasteiger partial charge on any atom is -0.493 e. The maximum Gasteiger partial charge on any atom is 0.224 e. The van der Waals surface area contributed by atoms with Gasteiger partial charge in [-0.05, 0) is 60.5 Å². The molecule has 1 heterocycles. The second kappa shape index (κ2) is 9.63. The molecule has 0 unspecified atom stereocenters. The number of para-hydroxylation sites is 3. The van der Waals surface area contributed by atoms with Gasteiger partial charge in [-0.1, -0.05) is 30.3 Å². The van der Waals surface area contributed by atoms with Crippen molar-refractivity contribution in [1.29, 1.82) is 0 Å². The molecule has 0 atom stereocenters. The molecule has 4 aromatic rings. The summed E-state index contributed by atoms with van der Waals surface area (Å²) >= 11 is 0. The highest BCUT2D eigenvalue weighted by Crippen LogP contribution is 2.31. The van der Waals surface area contributed by atoms with Crippen LogP contribution in [0.3, 0.4) is 0 Å². The molecule has 0 spiro atoms. The van der Waals surface area contributed by atoms with Gasteiger partial charge in [0.05, 0.1) is 19.0 Å². The first-order chi connectivity index (χ1) is 15.2. The summed E-state index contributed by atoms with van der Waals surface area (Å²) in [4.78, 5) is 12.3. The van der Waals surface area contributed by atoms with Crippen LogP contribution in [-0.2, 0) is 11.2 Å². The van der Waals surface area contributed by atoms with E-state index < -0.39 is 0 Å². The quantitative estimate of drug-likeness (QED) is 0.429. The molecule has 4 rings (SSSR count). The van der Waals surface area contributed by atoms with Crippen molar-refractivity contribution >= 4 is 11.6 Å². The molecule has 0 aliphatic heterocycles. The molecule has 0 aliphatic rings. The van der Waals surface area contributed by atoms with Crippen LogP contribution in [0.15, 0.2) is 91.3 Å². The molecule has 1 aromatic heterocycles. The van der Waals surface area contributed by atoms with Gasteiger partial charge in [0.15, 0.2) is 11.5 Å². The van der Waals surface area contributed by atoms with E-state index in [1.165, 1.54) is 0 Å². The number of hydrogen-bond donors (Lipinski definition) is 1. The largest absolute Gasteiger partial charge is 0.493 e. The average Bonchev–Trinajstić information content (AvgIpc) is 3.29. The van der Waals surface area contributed by atoms with Gasteiger partial charge in [0.25, 0.3) is 0 Å². The zero-order valence-electron chi connectivity index (χ0n) is 17.2. The van der Waals surface area contributed by atoms with Crippen LogP contribution < -0.4 is 14.8 Å². The van der Waals surface area contributed by atoms with Crippen molar-refractivity contribution in [2.75, 3.05) is 12.4 Å². The van der Waals surface area contributed by atoms with Crippen LogP contribution in [0.2, 0.25) is 0 Å². The van der Waals surface area contributed by atoms with Crippen LogP contribution >= 0.6 is 0 Å². The number of amides is 1. The lowest BCUT2D eigenvalue weighted by molar-refractivity contribution is -0.116. The van der Waals surface area contributed by atoms with Crippen molar-refractivity contribution in [1.82, 2.24) is 9.78 Å². The Morgan fingerprint density at radius 3 is 2.39 bits per heavy atom. The molecule has 0 saturated carbocycles. The monoisotopic (exact) mass is 413 g/mol. The van der Waals surface area contributed by atoms with Gasteiger partial charge in [-0.3, -0.25) is 4.79 Å². The molecule has 156 valence electrons. The number of anilines is 1. The zero-order chi connectivity index (χ0) is 21.5. The molecule has 0 bridgehead atoms. The standard InChI is InChI=1S/C25H23N3O3/c1-30-23-9-5-6-10-24(23)31-22-14-12-20(13-15-22)27-25(29)16-11-19-17-26-28(18-19)21-7-3-2-4-8-21/h2-10,12-15,17-18H,11,16H2,1H3,(H,27,29). The molecule has 1 amide bonds. The van der Waals surface area contributed by atoms with Gasteiger partial charge < -0.3 is 14.8 Å². The van der Waals surface area contributed by atoms with Gasteiger partial charge in [0.1, 0.15) is 5.75 Å². The minimum absolute atomic E-state index is 0.0501. The number of benzene rings is 3. The zero-order valence-corrected chi connectivity index (χ0v) is 17.2. The Bertz CT molecular complexity index is 1140. The molecule has 0 saturated heterocycles. The van der Waals surface area contributed by atoms with Crippen LogP contribution in [0.25, 0.3) is 5.69 Å². The summed E-state index contributed by atoms with van der Waals surface area (Å²) in [5.74, 6) is 1.91. The lowest BCUT2D eigenvalue weighted by Crippen LogP contribution is -2.12. The van der Waals surface area contributed by atoms with E-state index >= 15 is 0 Å². The summed E-state index contributed by atoms with van der Waals surface area (Å²) in [7, 11) is 1.60. The average molecular weight is 413 g/mol. The Balaban J connectivity index is 1.29. The summed E-state index contributed by atoms with van der Waals surface area (Å²) in [6.07, 6.45) is 4.74. The van der Waals surface area contributed by atoms with Crippen LogP contribution in [0, 0.1) is 0 Å². The fourth-order valence-electron chi connectivity index (χ4n) is 3.13. The highest BCUT2D eigenvalue weighted by atomic mass is 16.5. The second-order valence-electron chi connectivity index (χ2n) is 6.95. The molecule has 1 N–H and O–H groups in total. The van der Waals surface area contributed by atoms with E-state index in [0.29, 0.717) is 30.1 Å². The normalized spacial score (nSPS) is 10.5. The van der Waals surface area contributed by atoms with Crippen molar-refractivity contribution in [3.63, 3.8) is 0 Å². The summed E-state index contributed by atoms with van der Waals surface area (Å²) < 4.78 is 13.0. The van der Waals surface area contributed by atoms with Crippen molar-refractivity contribution in [3.8, 4) is 22.9 Å². The number of nitrogens with one attached hydrogen (secondary N) is 1. The van der Waals surface area contributed by atoms with Gasteiger partial charge in [0, 0.05) is 18.3 Å². The molecule has 6 heteroatoms.